The molecule has 3 nitrogen and oxygen atoms in total. The molecule has 8 aromatic carbocycles. The van der Waals surface area contributed by atoms with Gasteiger partial charge in [-0.15, -0.1) is 0 Å². The monoisotopic (exact) mass is 777 g/mol. The Balaban J connectivity index is 1.06. The van der Waals surface area contributed by atoms with Gasteiger partial charge in [0.1, 0.15) is 16.8 Å². The van der Waals surface area contributed by atoms with E-state index in [1.807, 2.05) is 0 Å². The van der Waals surface area contributed by atoms with Crippen LogP contribution in [0.5, 0.6) is 0 Å². The van der Waals surface area contributed by atoms with E-state index in [2.05, 4.69) is 227 Å². The average molecular weight is 778 g/mol. The largest absolute Gasteiger partial charge is 0.455 e. The van der Waals surface area contributed by atoms with Gasteiger partial charge in [-0.2, -0.15) is 4.57 Å². The van der Waals surface area contributed by atoms with Gasteiger partial charge in [-0.25, -0.2) is 4.57 Å². The minimum atomic E-state index is 0.271. The number of hydrogen-bond donors (Lipinski definition) is 0. The zero-order chi connectivity index (χ0) is 41.1. The van der Waals surface area contributed by atoms with Gasteiger partial charge in [-0.3, -0.25) is 0 Å². The van der Waals surface area contributed by atoms with Crippen LogP contribution in [0.25, 0.3) is 94.6 Å². The highest BCUT2D eigenvalue weighted by molar-refractivity contribution is 6.10. The Labute approximate surface area is 352 Å². The highest BCUT2D eigenvalue weighted by atomic mass is 16.3. The van der Waals surface area contributed by atoms with Gasteiger partial charge in [0.15, 0.2) is 16.6 Å². The molecule has 0 unspecified atom stereocenters. The van der Waals surface area contributed by atoms with E-state index < -0.39 is 0 Å². The van der Waals surface area contributed by atoms with E-state index in [1.54, 1.807) is 0 Å². The number of nitrogens with zero attached hydrogens (tertiary/aromatic N) is 2. The fraction of sp³-hybridized carbons (Fsp3) is 0.140. The van der Waals surface area contributed by atoms with Gasteiger partial charge in [0, 0.05) is 21.9 Å². The first kappa shape index (κ1) is 37.3. The molecular weight excluding hydrogens is 729 g/mol. The fourth-order valence-electron chi connectivity index (χ4n) is 9.17. The van der Waals surface area contributed by atoms with Crippen molar-refractivity contribution in [2.75, 3.05) is 0 Å². The molecule has 292 valence electrons. The second-order valence-electron chi connectivity index (χ2n) is 16.8. The predicted octanol–water partition coefficient (Wildman–Crippen LogP) is 15.2. The van der Waals surface area contributed by atoms with E-state index in [1.165, 1.54) is 77.9 Å². The Hall–Kier alpha value is -6.97. The molecule has 60 heavy (non-hydrogen) atoms. The lowest BCUT2D eigenvalue weighted by molar-refractivity contribution is -0.633. The number of para-hydroxylation sites is 3. The molecule has 0 aliphatic heterocycles. The number of rotatable bonds is 8. The van der Waals surface area contributed by atoms with Gasteiger partial charge in [0.05, 0.1) is 7.05 Å². The normalized spacial score (nSPS) is 11.8. The fourth-order valence-corrected chi connectivity index (χ4v) is 9.17. The van der Waals surface area contributed by atoms with Crippen molar-refractivity contribution in [2.45, 2.75) is 46.5 Å². The first-order valence-corrected chi connectivity index (χ1v) is 21.2. The van der Waals surface area contributed by atoms with Crippen molar-refractivity contribution in [1.82, 2.24) is 4.57 Å². The van der Waals surface area contributed by atoms with Crippen molar-refractivity contribution in [3.8, 4) is 61.6 Å². The number of aromatic nitrogens is 2. The molecule has 0 saturated carbocycles. The molecule has 0 atom stereocenters. The molecule has 0 N–H and O–H groups in total. The second kappa shape index (κ2) is 15.0. The Kier molecular flexibility index (Phi) is 9.33. The maximum Gasteiger partial charge on any atom is 0.299 e. The summed E-state index contributed by atoms with van der Waals surface area (Å²) in [6, 6.07) is 64.0. The molecule has 2 aromatic heterocycles. The summed E-state index contributed by atoms with van der Waals surface area (Å²) >= 11 is 0. The number of furan rings is 1. The van der Waals surface area contributed by atoms with Crippen LogP contribution in [0.2, 0.25) is 0 Å². The number of benzene rings is 8. The highest BCUT2D eigenvalue weighted by Gasteiger charge is 2.34. The molecule has 0 saturated heterocycles. The SMILES string of the molecule is Cc1ccc2c(oc3ccccc32)c1-c1n(-c2c(C(C)C)cc(-c3ccc(-c4ccc(-c5ccc(-c6ccccc6)cc5)cc4)cc3)cc2C(C)C)c2ccccc2[n+]1C. The van der Waals surface area contributed by atoms with Crippen molar-refractivity contribution in [1.29, 1.82) is 0 Å². The lowest BCUT2D eigenvalue weighted by Crippen LogP contribution is -2.30. The summed E-state index contributed by atoms with van der Waals surface area (Å²) in [4.78, 5) is 0. The summed E-state index contributed by atoms with van der Waals surface area (Å²) in [6.45, 7) is 11.5. The van der Waals surface area contributed by atoms with E-state index in [4.69, 9.17) is 4.42 Å². The van der Waals surface area contributed by atoms with Crippen LogP contribution < -0.4 is 4.57 Å². The summed E-state index contributed by atoms with van der Waals surface area (Å²) in [5.74, 6) is 1.66. The standard InChI is InChI=1S/C57H49N2O/c1-36(2)49-34-46(45-31-29-44(30-32-45)43-27-25-42(26-28-43)41-23-21-40(22-24-41)39-14-8-7-9-15-39)35-50(37(3)4)55(49)59-52-18-12-11-17-51(52)58(6)57(59)54-38(5)20-33-48-47-16-10-13-19-53(47)60-56(48)54/h7-37H,1-6H3/q+1. The minimum Gasteiger partial charge on any atom is -0.455 e. The lowest BCUT2D eigenvalue weighted by Gasteiger charge is -2.21. The van der Waals surface area contributed by atoms with Gasteiger partial charge in [0.2, 0.25) is 0 Å². The summed E-state index contributed by atoms with van der Waals surface area (Å²) in [7, 11) is 2.20. The second-order valence-corrected chi connectivity index (χ2v) is 16.8. The summed E-state index contributed by atoms with van der Waals surface area (Å²) in [6.07, 6.45) is 0. The van der Waals surface area contributed by atoms with Crippen LogP contribution >= 0.6 is 0 Å². The van der Waals surface area contributed by atoms with Crippen molar-refractivity contribution in [3.63, 3.8) is 0 Å². The summed E-state index contributed by atoms with van der Waals surface area (Å²) in [5, 5.41) is 2.28. The molecular formula is C57H49N2O+. The molecule has 0 aliphatic rings. The molecule has 3 heteroatoms. The topological polar surface area (TPSA) is 21.9 Å². The molecule has 10 rings (SSSR count). The van der Waals surface area contributed by atoms with Crippen molar-refractivity contribution < 1.29 is 8.98 Å². The quantitative estimate of drug-likeness (QED) is 0.141. The van der Waals surface area contributed by atoms with Gasteiger partial charge in [-0.1, -0.05) is 173 Å². The van der Waals surface area contributed by atoms with Crippen LogP contribution in [0, 0.1) is 6.92 Å². The molecule has 0 amide bonds. The Morgan fingerprint density at radius 1 is 0.467 bits per heavy atom. The molecule has 0 aliphatic carbocycles. The zero-order valence-electron chi connectivity index (χ0n) is 35.2. The smallest absolute Gasteiger partial charge is 0.299 e. The Morgan fingerprint density at radius 2 is 0.933 bits per heavy atom. The van der Waals surface area contributed by atoms with Crippen LogP contribution in [-0.2, 0) is 7.05 Å². The van der Waals surface area contributed by atoms with Gasteiger partial charge < -0.3 is 4.42 Å². The van der Waals surface area contributed by atoms with E-state index in [-0.39, 0.29) is 11.8 Å². The van der Waals surface area contributed by atoms with Crippen LogP contribution in [0.15, 0.2) is 180 Å². The van der Waals surface area contributed by atoms with Crippen LogP contribution in [-0.4, -0.2) is 4.57 Å². The van der Waals surface area contributed by atoms with Gasteiger partial charge in [-0.05, 0) is 99.2 Å². The number of fused-ring (bicyclic) bond motifs is 4. The first-order chi connectivity index (χ1) is 29.2. The molecule has 0 fully saturated rings. The lowest BCUT2D eigenvalue weighted by atomic mass is 9.87. The number of hydrogen-bond acceptors (Lipinski definition) is 1. The predicted molar refractivity (Wildman–Crippen MR) is 252 cm³/mol. The summed E-state index contributed by atoms with van der Waals surface area (Å²) in [5.41, 5.74) is 20.2. The summed E-state index contributed by atoms with van der Waals surface area (Å²) < 4.78 is 11.6. The number of imidazole rings is 1. The Bertz CT molecular complexity index is 3150. The third kappa shape index (κ3) is 6.33. The van der Waals surface area contributed by atoms with Crippen LogP contribution in [0.3, 0.4) is 0 Å². The highest BCUT2D eigenvalue weighted by Crippen LogP contribution is 2.43. The van der Waals surface area contributed by atoms with E-state index >= 15 is 0 Å². The van der Waals surface area contributed by atoms with Gasteiger partial charge in [0.25, 0.3) is 5.82 Å². The molecule has 0 bridgehead atoms. The maximum absolute atomic E-state index is 6.75. The molecule has 0 spiro atoms. The minimum absolute atomic E-state index is 0.271. The van der Waals surface area contributed by atoms with Crippen LogP contribution in [0.1, 0.15) is 56.2 Å². The van der Waals surface area contributed by atoms with Crippen LogP contribution in [0.4, 0.5) is 0 Å². The molecule has 0 radical (unpaired) electrons. The number of aryl methyl sites for hydroxylation is 2. The molecule has 10 aromatic rings. The average Bonchev–Trinajstić information content (AvgIpc) is 3.80. The maximum atomic E-state index is 6.75. The zero-order valence-corrected chi connectivity index (χ0v) is 35.2. The van der Waals surface area contributed by atoms with Crippen molar-refractivity contribution >= 4 is 33.0 Å². The first-order valence-electron chi connectivity index (χ1n) is 21.2. The van der Waals surface area contributed by atoms with E-state index in [0.29, 0.717) is 0 Å². The Morgan fingerprint density at radius 3 is 1.48 bits per heavy atom. The molecule has 2 heterocycles. The van der Waals surface area contributed by atoms with Gasteiger partial charge >= 0.3 is 0 Å². The van der Waals surface area contributed by atoms with E-state index in [0.717, 1.165) is 33.3 Å². The van der Waals surface area contributed by atoms with E-state index in [9.17, 15) is 0 Å². The third-order valence-corrected chi connectivity index (χ3v) is 12.4. The third-order valence-electron chi connectivity index (χ3n) is 12.4. The van der Waals surface area contributed by atoms with Crippen molar-refractivity contribution in [3.05, 3.63) is 193 Å². The van der Waals surface area contributed by atoms with Crippen molar-refractivity contribution in [2.24, 2.45) is 7.05 Å².